The highest BCUT2D eigenvalue weighted by molar-refractivity contribution is 7.98. The summed E-state index contributed by atoms with van der Waals surface area (Å²) in [5.74, 6) is 2.81. The van der Waals surface area contributed by atoms with Crippen LogP contribution in [0, 0.1) is 6.92 Å². The van der Waals surface area contributed by atoms with Crippen LogP contribution in [0.1, 0.15) is 37.1 Å². The average molecular weight is 290 g/mol. The lowest BCUT2D eigenvalue weighted by molar-refractivity contribution is 0.598. The van der Waals surface area contributed by atoms with Crippen LogP contribution in [0.4, 0.5) is 0 Å². The fourth-order valence-electron chi connectivity index (χ4n) is 2.00. The second kappa shape index (κ2) is 6.90. The van der Waals surface area contributed by atoms with Crippen LogP contribution in [0.5, 0.6) is 0 Å². The summed E-state index contributed by atoms with van der Waals surface area (Å²) in [7, 11) is 2.01. The Kier molecular flexibility index (Phi) is 5.20. The lowest BCUT2D eigenvalue weighted by Gasteiger charge is -2.13. The Bertz CT molecular complexity index is 548. The first-order valence-electron chi connectivity index (χ1n) is 6.92. The van der Waals surface area contributed by atoms with Gasteiger partial charge in [-0.3, -0.25) is 0 Å². The standard InChI is InChI=1S/C15H22N4S/c1-5-16-11(2)13-6-8-14(9-7-13)20-10-15-18-17-12(3)19(15)4/h6-9,11,16H,5,10H2,1-4H3. The van der Waals surface area contributed by atoms with Gasteiger partial charge in [0.15, 0.2) is 0 Å². The summed E-state index contributed by atoms with van der Waals surface area (Å²) in [6, 6.07) is 9.14. The van der Waals surface area contributed by atoms with E-state index in [4.69, 9.17) is 0 Å². The van der Waals surface area contributed by atoms with E-state index >= 15 is 0 Å². The molecule has 1 unspecified atom stereocenters. The highest BCUT2D eigenvalue weighted by Gasteiger charge is 2.06. The molecule has 1 aromatic carbocycles. The largest absolute Gasteiger partial charge is 0.318 e. The van der Waals surface area contributed by atoms with Gasteiger partial charge in [0.2, 0.25) is 0 Å². The van der Waals surface area contributed by atoms with E-state index in [1.54, 1.807) is 11.8 Å². The van der Waals surface area contributed by atoms with E-state index < -0.39 is 0 Å². The van der Waals surface area contributed by atoms with Crippen molar-refractivity contribution in [1.82, 2.24) is 20.1 Å². The van der Waals surface area contributed by atoms with Crippen LogP contribution in [0.15, 0.2) is 29.2 Å². The predicted octanol–water partition coefficient (Wildman–Crippen LogP) is 3.09. The van der Waals surface area contributed by atoms with Crippen LogP contribution < -0.4 is 5.32 Å². The third-order valence-corrected chi connectivity index (χ3v) is 4.45. The van der Waals surface area contributed by atoms with Crippen molar-refractivity contribution >= 4 is 11.8 Å². The first kappa shape index (κ1) is 15.1. The summed E-state index contributed by atoms with van der Waals surface area (Å²) in [5.41, 5.74) is 1.32. The maximum Gasteiger partial charge on any atom is 0.143 e. The Morgan fingerprint density at radius 2 is 1.95 bits per heavy atom. The van der Waals surface area contributed by atoms with Gasteiger partial charge in [-0.1, -0.05) is 19.1 Å². The molecule has 0 fully saturated rings. The summed E-state index contributed by atoms with van der Waals surface area (Å²) >= 11 is 1.79. The maximum atomic E-state index is 4.18. The van der Waals surface area contributed by atoms with E-state index in [1.807, 2.05) is 18.5 Å². The molecule has 2 aromatic rings. The van der Waals surface area contributed by atoms with Crippen LogP contribution >= 0.6 is 11.8 Å². The third kappa shape index (κ3) is 3.61. The molecule has 1 N–H and O–H groups in total. The van der Waals surface area contributed by atoms with Crippen LogP contribution in [0.3, 0.4) is 0 Å². The minimum absolute atomic E-state index is 0.403. The van der Waals surface area contributed by atoms with E-state index in [0.717, 1.165) is 23.9 Å². The summed E-state index contributed by atoms with van der Waals surface area (Å²) in [6.07, 6.45) is 0. The molecule has 0 saturated carbocycles. The average Bonchev–Trinajstić information content (AvgIpc) is 2.77. The molecule has 1 aromatic heterocycles. The van der Waals surface area contributed by atoms with Crippen LogP contribution in [-0.2, 0) is 12.8 Å². The molecule has 5 heteroatoms. The normalized spacial score (nSPS) is 12.6. The Morgan fingerprint density at radius 3 is 2.50 bits per heavy atom. The highest BCUT2D eigenvalue weighted by Crippen LogP contribution is 2.24. The van der Waals surface area contributed by atoms with Gasteiger partial charge < -0.3 is 9.88 Å². The molecule has 0 aliphatic carbocycles. The second-order valence-corrected chi connectivity index (χ2v) is 5.91. The summed E-state index contributed by atoms with van der Waals surface area (Å²) in [5, 5.41) is 11.7. The molecular weight excluding hydrogens is 268 g/mol. The van der Waals surface area contributed by atoms with Gasteiger partial charge in [0.25, 0.3) is 0 Å². The van der Waals surface area contributed by atoms with Gasteiger partial charge in [0.1, 0.15) is 11.6 Å². The lowest BCUT2D eigenvalue weighted by atomic mass is 10.1. The van der Waals surface area contributed by atoms with Gasteiger partial charge in [0, 0.05) is 18.0 Å². The van der Waals surface area contributed by atoms with Gasteiger partial charge in [-0.05, 0) is 38.1 Å². The first-order chi connectivity index (χ1) is 9.61. The van der Waals surface area contributed by atoms with Gasteiger partial charge in [-0.15, -0.1) is 22.0 Å². The highest BCUT2D eigenvalue weighted by atomic mass is 32.2. The minimum atomic E-state index is 0.403. The fourth-order valence-corrected chi connectivity index (χ4v) is 2.88. The van der Waals surface area contributed by atoms with Crippen LogP contribution in [0.25, 0.3) is 0 Å². The molecule has 0 bridgehead atoms. The lowest BCUT2D eigenvalue weighted by Crippen LogP contribution is -2.17. The van der Waals surface area contributed by atoms with E-state index in [2.05, 4.69) is 53.6 Å². The topological polar surface area (TPSA) is 42.7 Å². The summed E-state index contributed by atoms with van der Waals surface area (Å²) in [4.78, 5) is 1.26. The number of nitrogens with one attached hydrogen (secondary N) is 1. The molecule has 108 valence electrons. The molecular formula is C15H22N4S. The molecule has 1 atom stereocenters. The smallest absolute Gasteiger partial charge is 0.143 e. The van der Waals surface area contributed by atoms with Crippen molar-refractivity contribution in [2.45, 2.75) is 37.5 Å². The van der Waals surface area contributed by atoms with E-state index in [0.29, 0.717) is 6.04 Å². The summed E-state index contributed by atoms with van der Waals surface area (Å²) < 4.78 is 2.04. The number of aryl methyl sites for hydroxylation is 1. The van der Waals surface area contributed by atoms with Crippen molar-refractivity contribution < 1.29 is 0 Å². The number of thioether (sulfide) groups is 1. The monoisotopic (exact) mass is 290 g/mol. The van der Waals surface area contributed by atoms with Gasteiger partial charge in [0.05, 0.1) is 5.75 Å². The van der Waals surface area contributed by atoms with Crippen molar-refractivity contribution in [1.29, 1.82) is 0 Å². The van der Waals surface area contributed by atoms with E-state index in [-0.39, 0.29) is 0 Å². The SMILES string of the molecule is CCNC(C)c1ccc(SCc2nnc(C)n2C)cc1. The van der Waals surface area contributed by atoms with Crippen molar-refractivity contribution in [3.63, 3.8) is 0 Å². The van der Waals surface area contributed by atoms with Crippen molar-refractivity contribution in [2.75, 3.05) is 6.54 Å². The Morgan fingerprint density at radius 1 is 1.25 bits per heavy atom. The van der Waals surface area contributed by atoms with E-state index in [9.17, 15) is 0 Å². The molecule has 0 spiro atoms. The number of hydrogen-bond acceptors (Lipinski definition) is 4. The molecule has 2 rings (SSSR count). The Hall–Kier alpha value is -1.33. The number of hydrogen-bond donors (Lipinski definition) is 1. The zero-order valence-corrected chi connectivity index (χ0v) is 13.4. The molecule has 0 aliphatic rings. The second-order valence-electron chi connectivity index (χ2n) is 4.86. The fraction of sp³-hybridized carbons (Fsp3) is 0.467. The first-order valence-corrected chi connectivity index (χ1v) is 7.91. The van der Waals surface area contributed by atoms with Crippen LogP contribution in [0.2, 0.25) is 0 Å². The van der Waals surface area contributed by atoms with Crippen molar-refractivity contribution in [2.24, 2.45) is 7.05 Å². The number of benzene rings is 1. The number of aromatic nitrogens is 3. The summed E-state index contributed by atoms with van der Waals surface area (Å²) in [6.45, 7) is 7.28. The van der Waals surface area contributed by atoms with Gasteiger partial charge in [-0.2, -0.15) is 0 Å². The third-order valence-electron chi connectivity index (χ3n) is 3.44. The molecule has 20 heavy (non-hydrogen) atoms. The van der Waals surface area contributed by atoms with Crippen molar-refractivity contribution in [3.8, 4) is 0 Å². The molecule has 4 nitrogen and oxygen atoms in total. The minimum Gasteiger partial charge on any atom is -0.318 e. The Balaban J connectivity index is 1.95. The molecule has 0 saturated heterocycles. The molecule has 1 heterocycles. The maximum absolute atomic E-state index is 4.18. The Labute approximate surface area is 125 Å². The quantitative estimate of drug-likeness (QED) is 0.830. The zero-order chi connectivity index (χ0) is 14.5. The van der Waals surface area contributed by atoms with Gasteiger partial charge >= 0.3 is 0 Å². The van der Waals surface area contributed by atoms with E-state index in [1.165, 1.54) is 10.5 Å². The van der Waals surface area contributed by atoms with Crippen molar-refractivity contribution in [3.05, 3.63) is 41.5 Å². The molecule has 0 radical (unpaired) electrons. The number of nitrogens with zero attached hydrogens (tertiary/aromatic N) is 3. The number of rotatable bonds is 6. The molecule has 0 aliphatic heterocycles. The molecule has 0 amide bonds. The zero-order valence-electron chi connectivity index (χ0n) is 12.6. The predicted molar refractivity (Wildman–Crippen MR) is 83.8 cm³/mol. The van der Waals surface area contributed by atoms with Gasteiger partial charge in [-0.25, -0.2) is 0 Å². The van der Waals surface area contributed by atoms with Crippen LogP contribution in [-0.4, -0.2) is 21.3 Å².